The van der Waals surface area contributed by atoms with E-state index in [9.17, 15) is 0 Å². The maximum Gasteiger partial charge on any atom is 0.184 e. The van der Waals surface area contributed by atoms with Gasteiger partial charge in [0.25, 0.3) is 0 Å². The minimum atomic E-state index is 0.364. The average molecular weight is 271 g/mol. The fourth-order valence-corrected chi connectivity index (χ4v) is 2.74. The molecule has 5 heteroatoms. The fraction of sp³-hybridized carbons (Fsp3) is 0.533. The zero-order valence-electron chi connectivity index (χ0n) is 12.3. The summed E-state index contributed by atoms with van der Waals surface area (Å²) in [4.78, 5) is 0. The van der Waals surface area contributed by atoms with E-state index in [-0.39, 0.29) is 0 Å². The van der Waals surface area contributed by atoms with E-state index in [0.29, 0.717) is 11.3 Å². The number of anilines is 1. The molecule has 1 aliphatic rings. The highest BCUT2D eigenvalue weighted by Gasteiger charge is 2.46. The first-order chi connectivity index (χ1) is 9.52. The molecule has 0 radical (unpaired) electrons. The van der Waals surface area contributed by atoms with Crippen molar-refractivity contribution in [3.05, 3.63) is 23.8 Å². The van der Waals surface area contributed by atoms with E-state index in [2.05, 4.69) is 29.4 Å². The molecule has 0 amide bonds. The van der Waals surface area contributed by atoms with Gasteiger partial charge in [0.1, 0.15) is 0 Å². The van der Waals surface area contributed by atoms with Gasteiger partial charge in [0, 0.05) is 11.3 Å². The third kappa shape index (κ3) is 2.17. The highest BCUT2D eigenvalue weighted by molar-refractivity contribution is 5.72. The van der Waals surface area contributed by atoms with Gasteiger partial charge in [-0.15, -0.1) is 5.10 Å². The highest BCUT2D eigenvalue weighted by Crippen LogP contribution is 2.53. The second kappa shape index (κ2) is 4.58. The van der Waals surface area contributed by atoms with Gasteiger partial charge in [-0.3, -0.25) is 0 Å². The van der Waals surface area contributed by atoms with Gasteiger partial charge in [-0.05, 0) is 53.7 Å². The standard InChI is InChI=1S/C15H21N5/c1-10(2)15(6-7-15)9-20-14(17-18-19-20)12-8-11(3)4-5-13(12)16/h4-5,8,10H,6-7,9,16H2,1-3H3. The van der Waals surface area contributed by atoms with Gasteiger partial charge in [-0.25, -0.2) is 4.68 Å². The minimum absolute atomic E-state index is 0.364. The van der Waals surface area contributed by atoms with Gasteiger partial charge in [-0.1, -0.05) is 25.5 Å². The minimum Gasteiger partial charge on any atom is -0.398 e. The Bertz CT molecular complexity index is 625. The molecule has 0 saturated heterocycles. The SMILES string of the molecule is Cc1ccc(N)c(-c2nnnn2CC2(C(C)C)CC2)c1. The first kappa shape index (κ1) is 13.1. The molecule has 5 nitrogen and oxygen atoms in total. The van der Waals surface area contributed by atoms with Crippen LogP contribution >= 0.6 is 0 Å². The zero-order chi connectivity index (χ0) is 14.3. The Morgan fingerprint density at radius 1 is 1.35 bits per heavy atom. The van der Waals surface area contributed by atoms with Gasteiger partial charge in [-0.2, -0.15) is 0 Å². The van der Waals surface area contributed by atoms with Gasteiger partial charge in [0.15, 0.2) is 5.82 Å². The molecule has 0 atom stereocenters. The predicted octanol–water partition coefficient (Wildman–Crippen LogP) is 2.67. The third-order valence-corrected chi connectivity index (χ3v) is 4.56. The van der Waals surface area contributed by atoms with Crippen molar-refractivity contribution in [1.82, 2.24) is 20.2 Å². The molecular formula is C15H21N5. The summed E-state index contributed by atoms with van der Waals surface area (Å²) in [7, 11) is 0. The molecule has 3 rings (SSSR count). The number of hydrogen-bond donors (Lipinski definition) is 1. The maximum atomic E-state index is 6.08. The normalized spacial score (nSPS) is 16.6. The number of benzene rings is 1. The fourth-order valence-electron chi connectivity index (χ4n) is 2.74. The summed E-state index contributed by atoms with van der Waals surface area (Å²) in [5.41, 5.74) is 9.25. The number of nitrogens with zero attached hydrogens (tertiary/aromatic N) is 4. The van der Waals surface area contributed by atoms with Gasteiger partial charge < -0.3 is 5.73 Å². The van der Waals surface area contributed by atoms with Crippen LogP contribution in [0, 0.1) is 18.3 Å². The van der Waals surface area contributed by atoms with Crippen LogP contribution in [0.3, 0.4) is 0 Å². The summed E-state index contributed by atoms with van der Waals surface area (Å²) in [6, 6.07) is 5.97. The van der Waals surface area contributed by atoms with Crippen molar-refractivity contribution in [2.45, 2.75) is 40.2 Å². The van der Waals surface area contributed by atoms with Crippen molar-refractivity contribution >= 4 is 5.69 Å². The number of nitrogens with two attached hydrogens (primary N) is 1. The molecular weight excluding hydrogens is 250 g/mol. The Labute approximate surface area is 119 Å². The van der Waals surface area contributed by atoms with Crippen LogP contribution in [0.4, 0.5) is 5.69 Å². The van der Waals surface area contributed by atoms with Crippen LogP contribution in [-0.2, 0) is 6.54 Å². The van der Waals surface area contributed by atoms with Crippen LogP contribution in [0.25, 0.3) is 11.4 Å². The number of aromatic nitrogens is 4. The van der Waals surface area contributed by atoms with Crippen molar-refractivity contribution in [1.29, 1.82) is 0 Å². The summed E-state index contributed by atoms with van der Waals surface area (Å²) < 4.78 is 1.91. The van der Waals surface area contributed by atoms with E-state index in [1.807, 2.05) is 29.8 Å². The molecule has 1 aromatic heterocycles. The van der Waals surface area contributed by atoms with E-state index in [0.717, 1.165) is 29.2 Å². The van der Waals surface area contributed by atoms with Crippen molar-refractivity contribution < 1.29 is 0 Å². The van der Waals surface area contributed by atoms with Crippen molar-refractivity contribution in [2.24, 2.45) is 11.3 Å². The summed E-state index contributed by atoms with van der Waals surface area (Å²) in [5, 5.41) is 12.2. The number of rotatable bonds is 4. The van der Waals surface area contributed by atoms with Crippen LogP contribution in [0.15, 0.2) is 18.2 Å². The lowest BCUT2D eigenvalue weighted by Gasteiger charge is -2.20. The third-order valence-electron chi connectivity index (χ3n) is 4.56. The molecule has 20 heavy (non-hydrogen) atoms. The molecule has 2 aromatic rings. The Kier molecular flexibility index (Phi) is 3.00. The van der Waals surface area contributed by atoms with Crippen LogP contribution < -0.4 is 5.73 Å². The molecule has 0 unspecified atom stereocenters. The second-order valence-electron chi connectivity index (χ2n) is 6.27. The first-order valence-electron chi connectivity index (χ1n) is 7.14. The molecule has 1 aliphatic carbocycles. The molecule has 1 saturated carbocycles. The lowest BCUT2D eigenvalue weighted by Crippen LogP contribution is -2.19. The summed E-state index contributed by atoms with van der Waals surface area (Å²) in [5.74, 6) is 1.42. The van der Waals surface area contributed by atoms with Crippen molar-refractivity contribution in [3.8, 4) is 11.4 Å². The van der Waals surface area contributed by atoms with Crippen LogP contribution in [0.2, 0.25) is 0 Å². The topological polar surface area (TPSA) is 69.6 Å². The monoisotopic (exact) mass is 271 g/mol. The average Bonchev–Trinajstić information content (AvgIpc) is 3.05. The summed E-state index contributed by atoms with van der Waals surface area (Å²) in [6.07, 6.45) is 2.51. The smallest absolute Gasteiger partial charge is 0.184 e. The Hall–Kier alpha value is -1.91. The lowest BCUT2D eigenvalue weighted by atomic mass is 9.92. The molecule has 1 aromatic carbocycles. The van der Waals surface area contributed by atoms with Crippen molar-refractivity contribution in [2.75, 3.05) is 5.73 Å². The largest absolute Gasteiger partial charge is 0.398 e. The van der Waals surface area contributed by atoms with E-state index in [1.165, 1.54) is 12.8 Å². The first-order valence-corrected chi connectivity index (χ1v) is 7.14. The van der Waals surface area contributed by atoms with E-state index in [1.54, 1.807) is 0 Å². The molecule has 0 aliphatic heterocycles. The van der Waals surface area contributed by atoms with Crippen LogP contribution in [0.5, 0.6) is 0 Å². The molecule has 0 spiro atoms. The lowest BCUT2D eigenvalue weighted by molar-refractivity contribution is 0.294. The molecule has 106 valence electrons. The highest BCUT2D eigenvalue weighted by atomic mass is 15.5. The quantitative estimate of drug-likeness (QED) is 0.868. The molecule has 1 fully saturated rings. The summed E-state index contributed by atoms with van der Waals surface area (Å²) >= 11 is 0. The van der Waals surface area contributed by atoms with E-state index in [4.69, 9.17) is 5.73 Å². The number of nitrogen functional groups attached to an aromatic ring is 1. The molecule has 2 N–H and O–H groups in total. The van der Waals surface area contributed by atoms with Crippen LogP contribution in [0.1, 0.15) is 32.3 Å². The number of tetrazole rings is 1. The second-order valence-corrected chi connectivity index (χ2v) is 6.27. The molecule has 0 bridgehead atoms. The number of hydrogen-bond acceptors (Lipinski definition) is 4. The maximum absolute atomic E-state index is 6.08. The van der Waals surface area contributed by atoms with Gasteiger partial charge in [0.2, 0.25) is 0 Å². The Morgan fingerprint density at radius 3 is 2.75 bits per heavy atom. The van der Waals surface area contributed by atoms with E-state index >= 15 is 0 Å². The Morgan fingerprint density at radius 2 is 2.10 bits per heavy atom. The zero-order valence-corrected chi connectivity index (χ0v) is 12.3. The van der Waals surface area contributed by atoms with Crippen molar-refractivity contribution in [3.63, 3.8) is 0 Å². The predicted molar refractivity (Wildman–Crippen MR) is 78.9 cm³/mol. The van der Waals surface area contributed by atoms with Gasteiger partial charge >= 0.3 is 0 Å². The Balaban J connectivity index is 1.96. The van der Waals surface area contributed by atoms with E-state index < -0.39 is 0 Å². The van der Waals surface area contributed by atoms with Crippen LogP contribution in [-0.4, -0.2) is 20.2 Å². The number of aryl methyl sites for hydroxylation is 1. The molecule has 1 heterocycles. The summed E-state index contributed by atoms with van der Waals surface area (Å²) in [6.45, 7) is 7.48. The van der Waals surface area contributed by atoms with Gasteiger partial charge in [0.05, 0.1) is 6.54 Å².